The molecule has 0 fully saturated rings. The summed E-state index contributed by atoms with van der Waals surface area (Å²) in [4.78, 5) is 3.83. The van der Waals surface area contributed by atoms with E-state index < -0.39 is 0 Å². The van der Waals surface area contributed by atoms with Gasteiger partial charge < -0.3 is 0 Å². The highest BCUT2D eigenvalue weighted by Crippen LogP contribution is 1.94. The van der Waals surface area contributed by atoms with Gasteiger partial charge in [0.1, 0.15) is 12.7 Å². The first-order valence-electron chi connectivity index (χ1n) is 3.27. The van der Waals surface area contributed by atoms with E-state index in [1.807, 2.05) is 6.92 Å². The number of rotatable bonds is 2. The molecule has 0 N–H and O–H groups in total. The Hall–Kier alpha value is -1.12. The average Bonchev–Trinajstić information content (AvgIpc) is 2.40. The van der Waals surface area contributed by atoms with Crippen molar-refractivity contribution < 1.29 is 0 Å². The lowest BCUT2D eigenvalue weighted by Gasteiger charge is -1.97. The van der Waals surface area contributed by atoms with E-state index in [4.69, 9.17) is 0 Å². The van der Waals surface area contributed by atoms with Crippen LogP contribution >= 0.6 is 0 Å². The molecule has 1 heterocycles. The Balaban J connectivity index is 2.56. The van der Waals surface area contributed by atoms with E-state index in [9.17, 15) is 0 Å². The van der Waals surface area contributed by atoms with Crippen LogP contribution in [0.4, 0.5) is 0 Å². The fourth-order valence-corrected chi connectivity index (χ4v) is 0.661. The van der Waals surface area contributed by atoms with Gasteiger partial charge in [-0.3, -0.25) is 0 Å². The van der Waals surface area contributed by atoms with Gasteiger partial charge in [0.15, 0.2) is 0 Å². The molecule has 0 bridgehead atoms. The van der Waals surface area contributed by atoms with Gasteiger partial charge in [-0.05, 0) is 13.8 Å². The van der Waals surface area contributed by atoms with Gasteiger partial charge in [0.05, 0.1) is 6.54 Å². The molecule has 0 aliphatic rings. The summed E-state index contributed by atoms with van der Waals surface area (Å²) in [6.45, 7) is 4.93. The van der Waals surface area contributed by atoms with Crippen LogP contribution in [-0.4, -0.2) is 14.8 Å². The normalized spacial score (nSPS) is 12.0. The van der Waals surface area contributed by atoms with E-state index >= 15 is 0 Å². The maximum atomic E-state index is 3.97. The minimum atomic E-state index is 0.844. The monoisotopic (exact) mass is 137 g/mol. The Morgan fingerprint density at radius 2 is 2.50 bits per heavy atom. The predicted octanol–water partition coefficient (Wildman–Crippen LogP) is 1.24. The second-order valence-corrected chi connectivity index (χ2v) is 2.23. The Morgan fingerprint density at radius 3 is 3.00 bits per heavy atom. The van der Waals surface area contributed by atoms with Crippen LogP contribution < -0.4 is 0 Å². The average molecular weight is 137 g/mol. The van der Waals surface area contributed by atoms with Crippen molar-refractivity contribution in [1.82, 2.24) is 14.8 Å². The third kappa shape index (κ3) is 1.69. The molecule has 3 heteroatoms. The molecule has 0 aromatic carbocycles. The Bertz CT molecular complexity index is 211. The van der Waals surface area contributed by atoms with E-state index in [2.05, 4.69) is 23.1 Å². The summed E-state index contributed by atoms with van der Waals surface area (Å²) >= 11 is 0. The lowest BCUT2D eigenvalue weighted by molar-refractivity contribution is 0.674. The zero-order chi connectivity index (χ0) is 7.40. The molecule has 3 nitrogen and oxygen atoms in total. The van der Waals surface area contributed by atoms with Crippen LogP contribution in [0, 0.1) is 0 Å². The van der Waals surface area contributed by atoms with Gasteiger partial charge in [-0.2, -0.15) is 5.10 Å². The van der Waals surface area contributed by atoms with Gasteiger partial charge in [0.2, 0.25) is 0 Å². The molecular formula is C7H11N3. The van der Waals surface area contributed by atoms with Crippen LogP contribution in [0.2, 0.25) is 0 Å². The van der Waals surface area contributed by atoms with Crippen molar-refractivity contribution in [2.45, 2.75) is 20.4 Å². The molecule has 0 aliphatic heterocycles. The molecule has 54 valence electrons. The Morgan fingerprint density at radius 1 is 1.70 bits per heavy atom. The second kappa shape index (κ2) is 3.15. The van der Waals surface area contributed by atoms with E-state index in [1.54, 1.807) is 17.3 Å². The third-order valence-electron chi connectivity index (χ3n) is 1.37. The fourth-order valence-electron chi connectivity index (χ4n) is 0.661. The third-order valence-corrected chi connectivity index (χ3v) is 1.37. The summed E-state index contributed by atoms with van der Waals surface area (Å²) < 4.78 is 1.80. The van der Waals surface area contributed by atoms with Crippen molar-refractivity contribution in [1.29, 1.82) is 0 Å². The predicted molar refractivity (Wildman–Crippen MR) is 39.5 cm³/mol. The van der Waals surface area contributed by atoms with Crippen molar-refractivity contribution >= 4 is 0 Å². The van der Waals surface area contributed by atoms with E-state index in [1.165, 1.54) is 5.57 Å². The van der Waals surface area contributed by atoms with E-state index in [0.29, 0.717) is 0 Å². The first-order chi connectivity index (χ1) is 4.83. The Kier molecular flexibility index (Phi) is 2.20. The maximum Gasteiger partial charge on any atom is 0.137 e. The highest BCUT2D eigenvalue weighted by atomic mass is 15.3. The van der Waals surface area contributed by atoms with Gasteiger partial charge in [-0.1, -0.05) is 11.6 Å². The number of allylic oxidation sites excluding steroid dienone is 2. The standard InChI is InChI=1S/C7H11N3/c1-3-7(2)4-10-6-8-5-9-10/h3,5-6H,4H2,1-2H3. The number of hydrogen-bond acceptors (Lipinski definition) is 2. The second-order valence-electron chi connectivity index (χ2n) is 2.23. The van der Waals surface area contributed by atoms with Crippen molar-refractivity contribution in [3.63, 3.8) is 0 Å². The quantitative estimate of drug-likeness (QED) is 0.574. The van der Waals surface area contributed by atoms with Crippen LogP contribution in [0.15, 0.2) is 24.3 Å². The first kappa shape index (κ1) is 6.99. The largest absolute Gasteiger partial charge is 0.249 e. The summed E-state index contributed by atoms with van der Waals surface area (Å²) in [5.74, 6) is 0. The number of nitrogens with zero attached hydrogens (tertiary/aromatic N) is 3. The fraction of sp³-hybridized carbons (Fsp3) is 0.429. The maximum absolute atomic E-state index is 3.97. The molecule has 1 aromatic rings. The van der Waals surface area contributed by atoms with Crippen LogP contribution in [-0.2, 0) is 6.54 Å². The van der Waals surface area contributed by atoms with Crippen LogP contribution in [0.3, 0.4) is 0 Å². The number of aromatic nitrogens is 3. The van der Waals surface area contributed by atoms with Crippen LogP contribution in [0.5, 0.6) is 0 Å². The first-order valence-corrected chi connectivity index (χ1v) is 3.27. The zero-order valence-corrected chi connectivity index (χ0v) is 6.28. The van der Waals surface area contributed by atoms with Gasteiger partial charge in [0, 0.05) is 0 Å². The van der Waals surface area contributed by atoms with Crippen LogP contribution in [0.25, 0.3) is 0 Å². The molecular weight excluding hydrogens is 126 g/mol. The highest BCUT2D eigenvalue weighted by molar-refractivity contribution is 4.94. The van der Waals surface area contributed by atoms with Crippen molar-refractivity contribution in [2.24, 2.45) is 0 Å². The molecule has 0 atom stereocenters. The molecule has 0 saturated carbocycles. The van der Waals surface area contributed by atoms with Crippen molar-refractivity contribution in [3.05, 3.63) is 24.3 Å². The summed E-state index contributed by atoms with van der Waals surface area (Å²) in [6, 6.07) is 0. The summed E-state index contributed by atoms with van der Waals surface area (Å²) in [5, 5.41) is 3.97. The van der Waals surface area contributed by atoms with Gasteiger partial charge >= 0.3 is 0 Å². The van der Waals surface area contributed by atoms with Crippen molar-refractivity contribution in [3.8, 4) is 0 Å². The molecule has 1 aromatic heterocycles. The molecule has 0 amide bonds. The summed E-state index contributed by atoms with van der Waals surface area (Å²) in [5.41, 5.74) is 1.30. The molecule has 0 spiro atoms. The minimum absolute atomic E-state index is 0.844. The van der Waals surface area contributed by atoms with Gasteiger partial charge in [0.25, 0.3) is 0 Å². The zero-order valence-electron chi connectivity index (χ0n) is 6.28. The molecule has 0 radical (unpaired) electrons. The lowest BCUT2D eigenvalue weighted by atomic mass is 10.3. The van der Waals surface area contributed by atoms with E-state index in [0.717, 1.165) is 6.54 Å². The molecule has 10 heavy (non-hydrogen) atoms. The Labute approximate surface area is 60.4 Å². The van der Waals surface area contributed by atoms with Gasteiger partial charge in [-0.15, -0.1) is 0 Å². The lowest BCUT2D eigenvalue weighted by Crippen LogP contribution is -1.98. The van der Waals surface area contributed by atoms with Crippen LogP contribution in [0.1, 0.15) is 13.8 Å². The van der Waals surface area contributed by atoms with Gasteiger partial charge in [-0.25, -0.2) is 9.67 Å². The topological polar surface area (TPSA) is 30.7 Å². The molecule has 0 saturated heterocycles. The smallest absolute Gasteiger partial charge is 0.137 e. The minimum Gasteiger partial charge on any atom is -0.249 e. The number of hydrogen-bond donors (Lipinski definition) is 0. The van der Waals surface area contributed by atoms with Crippen molar-refractivity contribution in [2.75, 3.05) is 0 Å². The SMILES string of the molecule is CC=C(C)Cn1cncn1. The van der Waals surface area contributed by atoms with E-state index in [-0.39, 0.29) is 0 Å². The molecule has 0 aliphatic carbocycles. The summed E-state index contributed by atoms with van der Waals surface area (Å²) in [7, 11) is 0. The molecule has 0 unspecified atom stereocenters. The highest BCUT2D eigenvalue weighted by Gasteiger charge is 1.89. The summed E-state index contributed by atoms with van der Waals surface area (Å²) in [6.07, 6.45) is 5.33. The molecule has 1 rings (SSSR count).